The van der Waals surface area contributed by atoms with E-state index in [-0.39, 0.29) is 11.7 Å². The van der Waals surface area contributed by atoms with Crippen LogP contribution < -0.4 is 0 Å². The second kappa shape index (κ2) is 4.04. The molecule has 3 fully saturated rings. The second-order valence-corrected chi connectivity index (χ2v) is 6.78. The van der Waals surface area contributed by atoms with Crippen LogP contribution in [0.3, 0.4) is 0 Å². The first-order chi connectivity index (χ1) is 9.60. The molecule has 5 heteroatoms. The summed E-state index contributed by atoms with van der Waals surface area (Å²) < 4.78 is 6.95. The second-order valence-electron chi connectivity index (χ2n) is 6.78. The molecule has 1 N–H and O–H groups in total. The Morgan fingerprint density at radius 2 is 2.15 bits per heavy atom. The highest BCUT2D eigenvalue weighted by Gasteiger charge is 2.73. The molecule has 0 aromatic rings. The van der Waals surface area contributed by atoms with Gasteiger partial charge in [0.1, 0.15) is 5.60 Å². The van der Waals surface area contributed by atoms with E-state index in [1.54, 1.807) is 0 Å². The van der Waals surface area contributed by atoms with E-state index in [1.807, 2.05) is 0 Å². The summed E-state index contributed by atoms with van der Waals surface area (Å²) in [5.41, 5.74) is -0.435. The zero-order valence-electron chi connectivity index (χ0n) is 11.6. The molecule has 0 bridgehead atoms. The van der Waals surface area contributed by atoms with Crippen molar-refractivity contribution in [2.24, 2.45) is 11.3 Å². The van der Waals surface area contributed by atoms with E-state index in [0.29, 0.717) is 25.8 Å². The van der Waals surface area contributed by atoms with Gasteiger partial charge in [0.15, 0.2) is 24.3 Å². The van der Waals surface area contributed by atoms with Gasteiger partial charge in [0.2, 0.25) is 0 Å². The fourth-order valence-electron chi connectivity index (χ4n) is 5.44. The summed E-state index contributed by atoms with van der Waals surface area (Å²) >= 11 is 0. The van der Waals surface area contributed by atoms with Gasteiger partial charge in [0, 0.05) is 25.7 Å². The predicted octanol–water partition coefficient (Wildman–Crippen LogP) is 1.36. The standard InChI is InChI=1S/C15H21NO4/c17-12-9-10-3-1-4-11-14(10,6-2-8-16(11)19)15(12)7-5-13(18)20-15/h10,13,18H,1-9H2/t10-,13?,14+,15-/m0/s1. The van der Waals surface area contributed by atoms with Crippen LogP contribution in [0.5, 0.6) is 0 Å². The number of rotatable bonds is 0. The summed E-state index contributed by atoms with van der Waals surface area (Å²) in [5, 5.41) is 22.2. The lowest BCUT2D eigenvalue weighted by atomic mass is 9.57. The third-order valence-electron chi connectivity index (χ3n) is 6.09. The molecule has 2 spiro atoms. The molecule has 2 aliphatic carbocycles. The number of aliphatic hydroxyl groups excluding tert-OH is 1. The number of hydroxylamine groups is 1. The third-order valence-corrected chi connectivity index (χ3v) is 6.09. The molecular weight excluding hydrogens is 258 g/mol. The van der Waals surface area contributed by atoms with Crippen LogP contribution in [0.25, 0.3) is 0 Å². The molecular formula is C15H21NO4. The summed E-state index contributed by atoms with van der Waals surface area (Å²) in [6, 6.07) is 0. The lowest BCUT2D eigenvalue weighted by Gasteiger charge is -2.48. The van der Waals surface area contributed by atoms with Gasteiger partial charge in [0.25, 0.3) is 0 Å². The van der Waals surface area contributed by atoms with Crippen molar-refractivity contribution in [1.29, 1.82) is 0 Å². The molecule has 2 heterocycles. The molecule has 4 aliphatic rings. The molecule has 2 saturated carbocycles. The van der Waals surface area contributed by atoms with Crippen molar-refractivity contribution in [2.75, 3.05) is 6.54 Å². The van der Waals surface area contributed by atoms with Gasteiger partial charge in [0.05, 0.1) is 5.41 Å². The summed E-state index contributed by atoms with van der Waals surface area (Å²) in [6.07, 6.45) is 5.21. The topological polar surface area (TPSA) is 72.6 Å². The number of hydrogen-bond acceptors (Lipinski definition) is 4. The zero-order chi connectivity index (χ0) is 14.0. The monoisotopic (exact) mass is 279 g/mol. The van der Waals surface area contributed by atoms with Crippen molar-refractivity contribution in [3.63, 3.8) is 0 Å². The Bertz CT molecular complexity index is 502. The quantitative estimate of drug-likeness (QED) is 0.537. The number of ketones is 1. The predicted molar refractivity (Wildman–Crippen MR) is 71.2 cm³/mol. The third kappa shape index (κ3) is 1.31. The summed E-state index contributed by atoms with van der Waals surface area (Å²) in [4.78, 5) is 12.7. The van der Waals surface area contributed by atoms with E-state index in [0.717, 1.165) is 42.6 Å². The fourth-order valence-corrected chi connectivity index (χ4v) is 5.44. The molecule has 4 rings (SSSR count). The van der Waals surface area contributed by atoms with Crippen molar-refractivity contribution >= 4 is 11.5 Å². The Kier molecular flexibility index (Phi) is 2.58. The maximum Gasteiger partial charge on any atom is 0.173 e. The van der Waals surface area contributed by atoms with Crippen LogP contribution in [0.4, 0.5) is 0 Å². The molecule has 0 radical (unpaired) electrons. The average Bonchev–Trinajstić information content (AvgIpc) is 2.92. The van der Waals surface area contributed by atoms with Crippen LogP contribution in [0.15, 0.2) is 0 Å². The van der Waals surface area contributed by atoms with Crippen molar-refractivity contribution in [3.8, 4) is 0 Å². The van der Waals surface area contributed by atoms with Crippen LogP contribution in [0, 0.1) is 16.5 Å². The molecule has 20 heavy (non-hydrogen) atoms. The zero-order valence-corrected chi connectivity index (χ0v) is 11.6. The molecule has 110 valence electrons. The first-order valence-corrected chi connectivity index (χ1v) is 7.80. The highest BCUT2D eigenvalue weighted by atomic mass is 16.6. The highest BCUT2D eigenvalue weighted by Crippen LogP contribution is 2.62. The molecule has 4 atom stereocenters. The maximum atomic E-state index is 12.7. The van der Waals surface area contributed by atoms with Crippen molar-refractivity contribution in [1.82, 2.24) is 0 Å². The van der Waals surface area contributed by atoms with Gasteiger partial charge in [-0.1, -0.05) is 0 Å². The Balaban J connectivity index is 1.91. The van der Waals surface area contributed by atoms with E-state index in [2.05, 4.69) is 0 Å². The number of aliphatic hydroxyl groups is 1. The first-order valence-electron chi connectivity index (χ1n) is 7.80. The van der Waals surface area contributed by atoms with E-state index in [1.165, 1.54) is 0 Å². The number of Topliss-reactive ketones (excluding diaryl/α,β-unsaturated/α-hetero) is 1. The SMILES string of the molecule is O=C1C[C@@H]2CCCC3=[N+]([O-])CCC[C@]32[C@]12CCC(O)O2. The fraction of sp³-hybridized carbons (Fsp3) is 0.867. The lowest BCUT2D eigenvalue weighted by Crippen LogP contribution is -2.60. The number of carbonyl (C=O) groups is 1. The molecule has 5 nitrogen and oxygen atoms in total. The molecule has 2 aliphatic heterocycles. The van der Waals surface area contributed by atoms with Crippen molar-refractivity contribution in [3.05, 3.63) is 5.21 Å². The molecule has 1 unspecified atom stereocenters. The Morgan fingerprint density at radius 1 is 1.30 bits per heavy atom. The largest absolute Gasteiger partial charge is 0.624 e. The normalized spacial score (nSPS) is 47.8. The van der Waals surface area contributed by atoms with Crippen LogP contribution in [-0.4, -0.2) is 39.8 Å². The molecule has 1 saturated heterocycles. The molecule has 0 amide bonds. The van der Waals surface area contributed by atoms with Crippen molar-refractivity contribution < 1.29 is 19.4 Å². The summed E-state index contributed by atoms with van der Waals surface area (Å²) in [6.45, 7) is 0.538. The van der Waals surface area contributed by atoms with Gasteiger partial charge in [-0.2, -0.15) is 0 Å². The van der Waals surface area contributed by atoms with E-state index in [9.17, 15) is 15.1 Å². The van der Waals surface area contributed by atoms with Crippen LogP contribution in [-0.2, 0) is 9.53 Å². The lowest BCUT2D eigenvalue weighted by molar-refractivity contribution is -0.474. The van der Waals surface area contributed by atoms with Gasteiger partial charge >= 0.3 is 0 Å². The summed E-state index contributed by atoms with van der Waals surface area (Å²) in [7, 11) is 0. The minimum atomic E-state index is -0.907. The number of hydrogen-bond donors (Lipinski definition) is 1. The Labute approximate surface area is 118 Å². The van der Waals surface area contributed by atoms with Crippen LogP contribution in [0.1, 0.15) is 51.4 Å². The minimum absolute atomic E-state index is 0.119. The Morgan fingerprint density at radius 3 is 2.90 bits per heavy atom. The van der Waals surface area contributed by atoms with E-state index in [4.69, 9.17) is 4.74 Å². The van der Waals surface area contributed by atoms with Crippen LogP contribution >= 0.6 is 0 Å². The smallest absolute Gasteiger partial charge is 0.173 e. The molecule has 0 aromatic carbocycles. The van der Waals surface area contributed by atoms with Gasteiger partial charge in [-0.15, -0.1) is 0 Å². The minimum Gasteiger partial charge on any atom is -0.624 e. The van der Waals surface area contributed by atoms with Gasteiger partial charge in [-0.3, -0.25) is 4.79 Å². The van der Waals surface area contributed by atoms with Gasteiger partial charge in [-0.05, 0) is 31.6 Å². The van der Waals surface area contributed by atoms with Crippen LogP contribution in [0.2, 0.25) is 0 Å². The molecule has 0 aromatic heterocycles. The first kappa shape index (κ1) is 12.8. The number of ether oxygens (including phenoxy) is 1. The highest BCUT2D eigenvalue weighted by molar-refractivity contribution is 6.02. The van der Waals surface area contributed by atoms with Gasteiger partial charge in [-0.25, -0.2) is 4.74 Å². The van der Waals surface area contributed by atoms with Crippen molar-refractivity contribution in [2.45, 2.75) is 63.3 Å². The Hall–Kier alpha value is -0.940. The van der Waals surface area contributed by atoms with Gasteiger partial charge < -0.3 is 15.1 Å². The number of carbonyl (C=O) groups excluding carboxylic acids is 1. The van der Waals surface area contributed by atoms with E-state index >= 15 is 0 Å². The maximum absolute atomic E-state index is 12.7. The average molecular weight is 279 g/mol. The summed E-state index contributed by atoms with van der Waals surface area (Å²) in [5.74, 6) is 0.356. The number of nitrogens with zero attached hydrogens (tertiary/aromatic N) is 1. The van der Waals surface area contributed by atoms with E-state index < -0.39 is 17.3 Å².